The molecule has 1 saturated heterocycles. The maximum absolute atomic E-state index is 11.7. The van der Waals surface area contributed by atoms with E-state index in [4.69, 9.17) is 9.47 Å². The van der Waals surface area contributed by atoms with Crippen molar-refractivity contribution in [2.24, 2.45) is 0 Å². The number of nitrogens with zero attached hydrogens (tertiary/aromatic N) is 4. The number of nitriles is 1. The van der Waals surface area contributed by atoms with E-state index in [0.717, 1.165) is 6.42 Å². The monoisotopic (exact) mass is 403 g/mol. The van der Waals surface area contributed by atoms with Crippen LogP contribution in [0.1, 0.15) is 23.2 Å². The third kappa shape index (κ3) is 4.86. The molecule has 0 radical (unpaired) electrons. The first-order valence-corrected chi connectivity index (χ1v) is 9.26. The van der Waals surface area contributed by atoms with Crippen molar-refractivity contribution in [1.82, 2.24) is 14.9 Å². The van der Waals surface area contributed by atoms with Gasteiger partial charge in [0.2, 0.25) is 11.9 Å². The lowest BCUT2D eigenvalue weighted by Crippen LogP contribution is -2.30. The van der Waals surface area contributed by atoms with Gasteiger partial charge < -0.3 is 19.7 Å². The second-order valence-electron chi connectivity index (χ2n) is 6.54. The molecule has 0 aliphatic carbocycles. The van der Waals surface area contributed by atoms with Crippen molar-refractivity contribution < 1.29 is 14.3 Å². The van der Waals surface area contributed by atoms with Crippen molar-refractivity contribution in [3.8, 4) is 29.4 Å². The lowest BCUT2D eigenvalue weighted by Gasteiger charge is -2.15. The Morgan fingerprint density at radius 3 is 2.67 bits per heavy atom. The maximum atomic E-state index is 11.7. The molecule has 0 spiro atoms. The van der Waals surface area contributed by atoms with Crippen molar-refractivity contribution in [3.05, 3.63) is 53.9 Å². The molecule has 0 unspecified atom stereocenters. The minimum absolute atomic E-state index is 0.0188. The van der Waals surface area contributed by atoms with Crippen LogP contribution < -0.4 is 14.8 Å². The van der Waals surface area contributed by atoms with Gasteiger partial charge in [-0.1, -0.05) is 12.5 Å². The fraction of sp³-hybridized carbons (Fsp3) is 0.273. The van der Waals surface area contributed by atoms with Crippen LogP contribution in [-0.2, 0) is 4.79 Å². The first-order chi connectivity index (χ1) is 14.6. The van der Waals surface area contributed by atoms with Crippen LogP contribution in [0.3, 0.4) is 0 Å². The Morgan fingerprint density at radius 2 is 2.03 bits per heavy atom. The Balaban J connectivity index is 1.82. The molecule has 3 rings (SSSR count). The van der Waals surface area contributed by atoms with Crippen molar-refractivity contribution in [3.63, 3.8) is 0 Å². The molecule has 0 saturated carbocycles. The first-order valence-electron chi connectivity index (χ1n) is 9.26. The molecule has 1 aromatic heterocycles. The summed E-state index contributed by atoms with van der Waals surface area (Å²) in [5.41, 5.74) is 1.25. The molecule has 1 N–H and O–H groups in total. The Kier molecular flexibility index (Phi) is 6.51. The number of aromatic nitrogens is 2. The van der Waals surface area contributed by atoms with E-state index in [1.807, 2.05) is 0 Å². The molecule has 1 aromatic carbocycles. The third-order valence-electron chi connectivity index (χ3n) is 4.59. The molecule has 2 heterocycles. The van der Waals surface area contributed by atoms with Crippen LogP contribution in [0, 0.1) is 23.2 Å². The quantitative estimate of drug-likeness (QED) is 0.602. The number of likely N-dealkylation sites (tertiary alicyclic amines) is 1. The summed E-state index contributed by atoms with van der Waals surface area (Å²) >= 11 is 0. The SMILES string of the molecule is C=CC(=O)N1CC[C@H](Nc2ncc(C#N)c(C#Cc3cc(OC)cc(OC)c3)n2)C1. The molecule has 0 bridgehead atoms. The lowest BCUT2D eigenvalue weighted by molar-refractivity contribution is -0.125. The van der Waals surface area contributed by atoms with E-state index in [9.17, 15) is 10.1 Å². The number of carbonyl (C=O) groups is 1. The van der Waals surface area contributed by atoms with E-state index in [2.05, 4.69) is 39.8 Å². The normalized spacial score (nSPS) is 14.8. The third-order valence-corrected chi connectivity index (χ3v) is 4.59. The van der Waals surface area contributed by atoms with Gasteiger partial charge in [0.25, 0.3) is 0 Å². The highest BCUT2D eigenvalue weighted by Gasteiger charge is 2.25. The highest BCUT2D eigenvalue weighted by atomic mass is 16.5. The Labute approximate surface area is 175 Å². The second kappa shape index (κ2) is 9.44. The number of carbonyl (C=O) groups excluding carboxylic acids is 1. The van der Waals surface area contributed by atoms with Crippen LogP contribution in [0.4, 0.5) is 5.95 Å². The van der Waals surface area contributed by atoms with Crippen LogP contribution in [0.15, 0.2) is 37.1 Å². The number of rotatable bonds is 5. The number of hydrogen-bond acceptors (Lipinski definition) is 7. The van der Waals surface area contributed by atoms with Crippen LogP contribution in [-0.4, -0.2) is 54.1 Å². The number of methoxy groups -OCH3 is 2. The largest absolute Gasteiger partial charge is 0.497 e. The number of ether oxygens (including phenoxy) is 2. The van der Waals surface area contributed by atoms with E-state index >= 15 is 0 Å². The zero-order valence-electron chi connectivity index (χ0n) is 16.8. The molecule has 30 heavy (non-hydrogen) atoms. The van der Waals surface area contributed by atoms with Gasteiger partial charge in [-0.2, -0.15) is 5.26 Å². The van der Waals surface area contributed by atoms with Crippen molar-refractivity contribution in [2.45, 2.75) is 12.5 Å². The molecule has 1 aliphatic heterocycles. The van der Waals surface area contributed by atoms with Gasteiger partial charge in [0.1, 0.15) is 28.8 Å². The van der Waals surface area contributed by atoms with Crippen molar-refractivity contribution >= 4 is 11.9 Å². The van der Waals surface area contributed by atoms with E-state index in [1.54, 1.807) is 37.3 Å². The highest BCUT2D eigenvalue weighted by molar-refractivity contribution is 5.87. The summed E-state index contributed by atoms with van der Waals surface area (Å²) in [4.78, 5) is 22.0. The van der Waals surface area contributed by atoms with Gasteiger partial charge in [-0.25, -0.2) is 9.97 Å². The number of anilines is 1. The molecule has 8 heteroatoms. The van der Waals surface area contributed by atoms with Crippen molar-refractivity contribution in [2.75, 3.05) is 32.6 Å². The van der Waals surface area contributed by atoms with Crippen LogP contribution >= 0.6 is 0 Å². The smallest absolute Gasteiger partial charge is 0.246 e. The number of benzene rings is 1. The van der Waals surface area contributed by atoms with Crippen LogP contribution in [0.5, 0.6) is 11.5 Å². The highest BCUT2D eigenvalue weighted by Crippen LogP contribution is 2.22. The van der Waals surface area contributed by atoms with E-state index in [1.165, 1.54) is 12.3 Å². The summed E-state index contributed by atoms with van der Waals surface area (Å²) in [6.45, 7) is 4.70. The zero-order chi connectivity index (χ0) is 21.5. The molecule has 1 fully saturated rings. The van der Waals surface area contributed by atoms with Gasteiger partial charge in [-0.3, -0.25) is 4.79 Å². The summed E-state index contributed by atoms with van der Waals surface area (Å²) in [5, 5.41) is 12.6. The number of nitrogens with one attached hydrogen (secondary N) is 1. The molecule has 2 aromatic rings. The Morgan fingerprint density at radius 1 is 1.30 bits per heavy atom. The van der Waals surface area contributed by atoms with Gasteiger partial charge in [0, 0.05) is 30.8 Å². The zero-order valence-corrected chi connectivity index (χ0v) is 16.8. The average molecular weight is 403 g/mol. The van der Waals surface area contributed by atoms with Gasteiger partial charge >= 0.3 is 0 Å². The van der Waals surface area contributed by atoms with E-state index in [0.29, 0.717) is 41.8 Å². The first kappa shape index (κ1) is 20.7. The number of amides is 1. The van der Waals surface area contributed by atoms with E-state index < -0.39 is 0 Å². The van der Waals surface area contributed by atoms with Gasteiger partial charge in [-0.15, -0.1) is 0 Å². The fourth-order valence-corrected chi connectivity index (χ4v) is 3.03. The fourth-order valence-electron chi connectivity index (χ4n) is 3.03. The maximum Gasteiger partial charge on any atom is 0.246 e. The summed E-state index contributed by atoms with van der Waals surface area (Å²) in [6, 6.07) is 7.37. The summed E-state index contributed by atoms with van der Waals surface area (Å²) < 4.78 is 10.5. The molecule has 152 valence electrons. The van der Waals surface area contributed by atoms with Gasteiger partial charge in [0.05, 0.1) is 20.4 Å². The van der Waals surface area contributed by atoms with Crippen LogP contribution in [0.2, 0.25) is 0 Å². The van der Waals surface area contributed by atoms with E-state index in [-0.39, 0.29) is 17.5 Å². The van der Waals surface area contributed by atoms with Gasteiger partial charge in [-0.05, 0) is 30.6 Å². The molecule has 1 atom stereocenters. The Hall–Kier alpha value is -4.04. The lowest BCUT2D eigenvalue weighted by atomic mass is 10.2. The number of hydrogen-bond donors (Lipinski definition) is 1. The summed E-state index contributed by atoms with van der Waals surface area (Å²) in [5.74, 6) is 7.42. The summed E-state index contributed by atoms with van der Waals surface area (Å²) in [7, 11) is 3.13. The standard InChI is InChI=1S/C22H21N5O3/c1-4-21(28)27-8-7-17(14-27)25-22-24-13-16(12-23)20(26-22)6-5-15-9-18(29-2)11-19(10-15)30-3/h4,9-11,13,17H,1,7-8,14H2,2-3H3,(H,24,25,26)/t17-/m0/s1. The topological polar surface area (TPSA) is 100 Å². The molecular formula is C22H21N5O3. The molecule has 1 aliphatic rings. The molecule has 8 nitrogen and oxygen atoms in total. The van der Waals surface area contributed by atoms with Crippen LogP contribution in [0.25, 0.3) is 0 Å². The second-order valence-corrected chi connectivity index (χ2v) is 6.54. The van der Waals surface area contributed by atoms with Gasteiger partial charge in [0.15, 0.2) is 0 Å². The van der Waals surface area contributed by atoms with Crippen molar-refractivity contribution in [1.29, 1.82) is 5.26 Å². The minimum atomic E-state index is -0.0969. The average Bonchev–Trinajstić information content (AvgIpc) is 3.25. The summed E-state index contributed by atoms with van der Waals surface area (Å²) in [6.07, 6.45) is 3.52. The molecular weight excluding hydrogens is 382 g/mol. The molecule has 1 amide bonds. The minimum Gasteiger partial charge on any atom is -0.497 e. The predicted molar refractivity (Wildman–Crippen MR) is 111 cm³/mol. The predicted octanol–water partition coefficient (Wildman–Crippen LogP) is 1.96. The Bertz CT molecular complexity index is 1040.